The molecular weight excluding hydrogens is 176 g/mol. The van der Waals surface area contributed by atoms with Crippen molar-refractivity contribution < 1.29 is 19.4 Å². The van der Waals surface area contributed by atoms with Crippen molar-refractivity contribution in [3.63, 3.8) is 0 Å². The molecule has 6 heteroatoms. The van der Waals surface area contributed by atoms with Crippen LogP contribution in [0.3, 0.4) is 0 Å². The van der Waals surface area contributed by atoms with Crippen LogP contribution in [-0.4, -0.2) is 50.3 Å². The van der Waals surface area contributed by atoms with Gasteiger partial charge in [-0.25, -0.2) is 4.79 Å². The van der Waals surface area contributed by atoms with Gasteiger partial charge in [-0.1, -0.05) is 0 Å². The van der Waals surface area contributed by atoms with Gasteiger partial charge >= 0.3 is 5.97 Å². The molecule has 0 aliphatic heterocycles. The lowest BCUT2D eigenvalue weighted by molar-refractivity contribution is -0.150. The van der Waals surface area contributed by atoms with Gasteiger partial charge in [-0.3, -0.25) is 4.79 Å². The van der Waals surface area contributed by atoms with Crippen LogP contribution >= 0.6 is 0 Å². The van der Waals surface area contributed by atoms with Crippen LogP contribution in [0.4, 0.5) is 0 Å². The maximum absolute atomic E-state index is 10.8. The van der Waals surface area contributed by atoms with Crippen LogP contribution in [0.25, 0.3) is 0 Å². The average Bonchev–Trinajstić information content (AvgIpc) is 2.13. The Kier molecular flexibility index (Phi) is 5.82. The van der Waals surface area contributed by atoms with Gasteiger partial charge in [-0.2, -0.15) is 0 Å². The summed E-state index contributed by atoms with van der Waals surface area (Å²) in [6.45, 7) is 0.0150. The number of rotatable bonds is 5. The molecular formula is C7H14N2O4. The number of aliphatic hydroxyl groups excluding tert-OH is 1. The van der Waals surface area contributed by atoms with Crippen LogP contribution in [0.2, 0.25) is 0 Å². The number of likely N-dealkylation sites (N-methyl/N-ethyl adjacent to an activating group) is 1. The SMILES string of the molecule is CNCC(=O)NCC(O)C(=O)OC. The fourth-order valence-electron chi connectivity index (χ4n) is 0.653. The smallest absolute Gasteiger partial charge is 0.336 e. The highest BCUT2D eigenvalue weighted by Crippen LogP contribution is 1.84. The molecule has 0 radical (unpaired) electrons. The van der Waals surface area contributed by atoms with Gasteiger partial charge in [-0.15, -0.1) is 0 Å². The summed E-state index contributed by atoms with van der Waals surface area (Å²) in [5, 5.41) is 14.0. The van der Waals surface area contributed by atoms with Crippen molar-refractivity contribution in [1.29, 1.82) is 0 Å². The molecule has 0 spiro atoms. The summed E-state index contributed by atoms with van der Waals surface area (Å²) in [6.07, 6.45) is -1.30. The lowest BCUT2D eigenvalue weighted by Crippen LogP contribution is -2.40. The number of ether oxygens (including phenoxy) is 1. The molecule has 1 unspecified atom stereocenters. The first-order chi connectivity index (χ1) is 6.11. The standard InChI is InChI=1S/C7H14N2O4/c1-8-4-6(11)9-3-5(10)7(12)13-2/h5,8,10H,3-4H2,1-2H3,(H,9,11). The van der Waals surface area contributed by atoms with Crippen LogP contribution in [-0.2, 0) is 14.3 Å². The summed E-state index contributed by atoms with van der Waals surface area (Å²) in [7, 11) is 2.79. The Morgan fingerprint density at radius 3 is 2.62 bits per heavy atom. The van der Waals surface area contributed by atoms with Crippen LogP contribution in [0, 0.1) is 0 Å². The molecule has 76 valence electrons. The molecule has 0 saturated carbocycles. The molecule has 3 N–H and O–H groups in total. The van der Waals surface area contributed by atoms with Gasteiger partial charge in [0.2, 0.25) is 5.91 Å². The Bertz CT molecular complexity index is 183. The van der Waals surface area contributed by atoms with E-state index in [1.165, 1.54) is 7.11 Å². The highest BCUT2D eigenvalue weighted by atomic mass is 16.5. The number of esters is 1. The average molecular weight is 190 g/mol. The largest absolute Gasteiger partial charge is 0.467 e. The van der Waals surface area contributed by atoms with E-state index in [2.05, 4.69) is 15.4 Å². The number of carbonyl (C=O) groups excluding carboxylic acids is 2. The number of hydrogen-bond acceptors (Lipinski definition) is 5. The minimum atomic E-state index is -1.30. The van der Waals surface area contributed by atoms with Gasteiger partial charge in [0.25, 0.3) is 0 Å². The van der Waals surface area contributed by atoms with E-state index in [0.717, 1.165) is 0 Å². The molecule has 0 heterocycles. The minimum absolute atomic E-state index is 0.132. The summed E-state index contributed by atoms with van der Waals surface area (Å²) in [5.41, 5.74) is 0. The molecule has 6 nitrogen and oxygen atoms in total. The first kappa shape index (κ1) is 11.9. The fourth-order valence-corrected chi connectivity index (χ4v) is 0.653. The molecule has 0 saturated heterocycles. The number of amides is 1. The molecule has 0 aromatic carbocycles. The third-order valence-corrected chi connectivity index (χ3v) is 1.30. The lowest BCUT2D eigenvalue weighted by atomic mass is 10.3. The first-order valence-electron chi connectivity index (χ1n) is 3.79. The van der Waals surface area contributed by atoms with E-state index in [0.29, 0.717) is 0 Å². The van der Waals surface area contributed by atoms with Crippen molar-refractivity contribution in [3.05, 3.63) is 0 Å². The maximum Gasteiger partial charge on any atom is 0.336 e. The molecule has 0 aliphatic rings. The molecule has 0 fully saturated rings. The second-order valence-corrected chi connectivity index (χ2v) is 2.37. The van der Waals surface area contributed by atoms with E-state index in [1.54, 1.807) is 7.05 Å². The molecule has 0 aliphatic carbocycles. The van der Waals surface area contributed by atoms with Gasteiger partial charge in [0.15, 0.2) is 6.10 Å². The predicted octanol–water partition coefficient (Wildman–Crippen LogP) is -2.14. The number of methoxy groups -OCH3 is 1. The Morgan fingerprint density at radius 1 is 1.54 bits per heavy atom. The van der Waals surface area contributed by atoms with E-state index in [4.69, 9.17) is 5.11 Å². The minimum Gasteiger partial charge on any atom is -0.467 e. The van der Waals surface area contributed by atoms with Gasteiger partial charge in [0, 0.05) is 0 Å². The zero-order valence-electron chi connectivity index (χ0n) is 7.66. The Labute approximate surface area is 76.3 Å². The summed E-state index contributed by atoms with van der Waals surface area (Å²) < 4.78 is 4.25. The lowest BCUT2D eigenvalue weighted by Gasteiger charge is -2.09. The number of nitrogens with one attached hydrogen (secondary N) is 2. The highest BCUT2D eigenvalue weighted by molar-refractivity contribution is 5.79. The van der Waals surface area contributed by atoms with Gasteiger partial charge in [0.05, 0.1) is 20.2 Å². The normalized spacial score (nSPS) is 11.9. The summed E-state index contributed by atoms with van der Waals surface area (Å²) in [4.78, 5) is 21.5. The van der Waals surface area contributed by atoms with Gasteiger partial charge in [-0.05, 0) is 7.05 Å². The van der Waals surface area contributed by atoms with Crippen molar-refractivity contribution in [2.75, 3.05) is 27.2 Å². The molecule has 0 rings (SSSR count). The molecule has 0 bridgehead atoms. The van der Waals surface area contributed by atoms with E-state index >= 15 is 0 Å². The summed E-state index contributed by atoms with van der Waals surface area (Å²) in [5.74, 6) is -1.05. The Morgan fingerprint density at radius 2 is 2.15 bits per heavy atom. The predicted molar refractivity (Wildman–Crippen MR) is 45.0 cm³/mol. The van der Waals surface area contributed by atoms with Gasteiger partial charge < -0.3 is 20.5 Å². The van der Waals surface area contributed by atoms with Crippen molar-refractivity contribution in [2.45, 2.75) is 6.10 Å². The van der Waals surface area contributed by atoms with Crippen molar-refractivity contribution in [3.8, 4) is 0 Å². The van der Waals surface area contributed by atoms with Crippen LogP contribution in [0.15, 0.2) is 0 Å². The van der Waals surface area contributed by atoms with E-state index in [-0.39, 0.29) is 19.0 Å². The topological polar surface area (TPSA) is 87.7 Å². The third-order valence-electron chi connectivity index (χ3n) is 1.30. The quantitative estimate of drug-likeness (QED) is 0.430. The third kappa shape index (κ3) is 5.15. The van der Waals surface area contributed by atoms with E-state index in [9.17, 15) is 9.59 Å². The van der Waals surface area contributed by atoms with Crippen LogP contribution < -0.4 is 10.6 Å². The fraction of sp³-hybridized carbons (Fsp3) is 0.714. The van der Waals surface area contributed by atoms with Gasteiger partial charge in [0.1, 0.15) is 0 Å². The Balaban J connectivity index is 3.63. The molecule has 0 aromatic rings. The Hall–Kier alpha value is -1.14. The second-order valence-electron chi connectivity index (χ2n) is 2.37. The zero-order valence-corrected chi connectivity index (χ0v) is 7.66. The molecule has 1 atom stereocenters. The van der Waals surface area contributed by atoms with Crippen molar-refractivity contribution in [2.24, 2.45) is 0 Å². The highest BCUT2D eigenvalue weighted by Gasteiger charge is 2.15. The van der Waals surface area contributed by atoms with E-state index in [1.807, 2.05) is 0 Å². The second kappa shape index (κ2) is 6.38. The van der Waals surface area contributed by atoms with Crippen LogP contribution in [0.5, 0.6) is 0 Å². The van der Waals surface area contributed by atoms with E-state index < -0.39 is 12.1 Å². The zero-order chi connectivity index (χ0) is 10.3. The maximum atomic E-state index is 10.8. The number of hydrogen-bond donors (Lipinski definition) is 3. The molecule has 13 heavy (non-hydrogen) atoms. The summed E-state index contributed by atoms with van der Waals surface area (Å²) >= 11 is 0. The molecule has 1 amide bonds. The van der Waals surface area contributed by atoms with Crippen molar-refractivity contribution in [1.82, 2.24) is 10.6 Å². The molecule has 0 aromatic heterocycles. The number of carbonyl (C=O) groups is 2. The number of aliphatic hydroxyl groups is 1. The van der Waals surface area contributed by atoms with Crippen LogP contribution in [0.1, 0.15) is 0 Å². The van der Waals surface area contributed by atoms with Crippen molar-refractivity contribution >= 4 is 11.9 Å². The first-order valence-corrected chi connectivity index (χ1v) is 3.79. The monoisotopic (exact) mass is 190 g/mol. The summed E-state index contributed by atoms with van der Waals surface area (Å²) in [6, 6.07) is 0.